The number of nitrogens with zero attached hydrogens (tertiary/aromatic N) is 1. The topological polar surface area (TPSA) is 57.0 Å². The van der Waals surface area contributed by atoms with Gasteiger partial charge in [0.25, 0.3) is 0 Å². The van der Waals surface area contributed by atoms with Crippen LogP contribution in [0, 0.1) is 0 Å². The molecule has 0 aliphatic rings. The summed E-state index contributed by atoms with van der Waals surface area (Å²) in [7, 11) is 5.10. The van der Waals surface area contributed by atoms with Crippen LogP contribution < -0.4 is 10.5 Å². The van der Waals surface area contributed by atoms with Crippen molar-refractivity contribution in [2.45, 2.75) is 19.0 Å². The Morgan fingerprint density at radius 1 is 1.10 bits per heavy atom. The molecule has 2 unspecified atom stereocenters. The summed E-state index contributed by atoms with van der Waals surface area (Å²) in [5.41, 5.74) is 7.21. The minimum Gasteiger partial charge on any atom is -0.497 e. The SMILES string of the molecule is COCCN(C(C)COC)C(CN)c1ccc(OC)cc1. The molecule has 0 heterocycles. The summed E-state index contributed by atoms with van der Waals surface area (Å²) >= 11 is 0. The van der Waals surface area contributed by atoms with E-state index < -0.39 is 0 Å². The highest BCUT2D eigenvalue weighted by Crippen LogP contribution is 2.24. The molecule has 2 atom stereocenters. The molecule has 5 nitrogen and oxygen atoms in total. The first kappa shape index (κ1) is 17.9. The van der Waals surface area contributed by atoms with Gasteiger partial charge >= 0.3 is 0 Å². The molecule has 120 valence electrons. The van der Waals surface area contributed by atoms with Gasteiger partial charge in [0.1, 0.15) is 5.75 Å². The first-order chi connectivity index (χ1) is 10.2. The number of hydrogen-bond acceptors (Lipinski definition) is 5. The Kier molecular flexibility index (Phi) is 8.30. The maximum Gasteiger partial charge on any atom is 0.118 e. The number of nitrogens with two attached hydrogens (primary N) is 1. The largest absolute Gasteiger partial charge is 0.497 e. The van der Waals surface area contributed by atoms with Gasteiger partial charge < -0.3 is 19.9 Å². The maximum atomic E-state index is 6.03. The van der Waals surface area contributed by atoms with Gasteiger partial charge in [-0.1, -0.05) is 12.1 Å². The van der Waals surface area contributed by atoms with E-state index in [1.54, 1.807) is 21.3 Å². The lowest BCUT2D eigenvalue weighted by Gasteiger charge is -2.35. The van der Waals surface area contributed by atoms with Crippen LogP contribution in [0.15, 0.2) is 24.3 Å². The van der Waals surface area contributed by atoms with Crippen LogP contribution in [0.25, 0.3) is 0 Å². The lowest BCUT2D eigenvalue weighted by molar-refractivity contribution is 0.0486. The molecule has 0 amide bonds. The Morgan fingerprint density at radius 3 is 2.24 bits per heavy atom. The molecule has 2 N–H and O–H groups in total. The molecule has 1 aromatic rings. The molecule has 0 saturated carbocycles. The third kappa shape index (κ3) is 5.28. The zero-order valence-electron chi connectivity index (χ0n) is 13.5. The maximum absolute atomic E-state index is 6.03. The third-order valence-electron chi connectivity index (χ3n) is 3.65. The smallest absolute Gasteiger partial charge is 0.118 e. The van der Waals surface area contributed by atoms with Crippen molar-refractivity contribution in [1.29, 1.82) is 0 Å². The molecule has 0 spiro atoms. The minimum absolute atomic E-state index is 0.135. The number of methoxy groups -OCH3 is 3. The van der Waals surface area contributed by atoms with Gasteiger partial charge in [0.15, 0.2) is 0 Å². The highest BCUT2D eigenvalue weighted by Gasteiger charge is 2.23. The van der Waals surface area contributed by atoms with Crippen LogP contribution in [-0.4, -0.2) is 58.6 Å². The Hall–Kier alpha value is -1.14. The molecular formula is C16H28N2O3. The summed E-state index contributed by atoms with van der Waals surface area (Å²) in [6, 6.07) is 8.46. The standard InChI is InChI=1S/C16H28N2O3/c1-13(12-20-3)18(9-10-19-2)16(11-17)14-5-7-15(21-4)8-6-14/h5-8,13,16H,9-12,17H2,1-4H3. The van der Waals surface area contributed by atoms with Crippen molar-refractivity contribution in [3.05, 3.63) is 29.8 Å². The van der Waals surface area contributed by atoms with Crippen molar-refractivity contribution in [2.24, 2.45) is 5.73 Å². The summed E-state index contributed by atoms with van der Waals surface area (Å²) < 4.78 is 15.7. The molecule has 0 aromatic heterocycles. The first-order valence-corrected chi connectivity index (χ1v) is 7.25. The zero-order valence-corrected chi connectivity index (χ0v) is 13.5. The fourth-order valence-electron chi connectivity index (χ4n) is 2.51. The number of hydrogen-bond donors (Lipinski definition) is 1. The van der Waals surface area contributed by atoms with Gasteiger partial charge in [0.05, 0.1) is 20.3 Å². The molecule has 1 aromatic carbocycles. The molecule has 0 radical (unpaired) electrons. The molecule has 0 aliphatic heterocycles. The molecular weight excluding hydrogens is 268 g/mol. The van der Waals surface area contributed by atoms with Gasteiger partial charge in [-0.15, -0.1) is 0 Å². The van der Waals surface area contributed by atoms with Crippen LogP contribution in [0.4, 0.5) is 0 Å². The lowest BCUT2D eigenvalue weighted by Crippen LogP contribution is -2.43. The second-order valence-electron chi connectivity index (χ2n) is 5.06. The molecule has 0 bridgehead atoms. The highest BCUT2D eigenvalue weighted by molar-refractivity contribution is 5.29. The highest BCUT2D eigenvalue weighted by atomic mass is 16.5. The fourth-order valence-corrected chi connectivity index (χ4v) is 2.51. The summed E-state index contributed by atoms with van der Waals surface area (Å²) in [5, 5.41) is 0. The van der Waals surface area contributed by atoms with Crippen LogP contribution in [0.2, 0.25) is 0 Å². The zero-order chi connectivity index (χ0) is 15.7. The van der Waals surface area contributed by atoms with Gasteiger partial charge in [0.2, 0.25) is 0 Å². The van der Waals surface area contributed by atoms with Gasteiger partial charge in [-0.3, -0.25) is 4.90 Å². The Morgan fingerprint density at radius 2 is 1.76 bits per heavy atom. The van der Waals surface area contributed by atoms with E-state index in [2.05, 4.69) is 24.0 Å². The molecule has 0 aliphatic carbocycles. The third-order valence-corrected chi connectivity index (χ3v) is 3.65. The molecule has 21 heavy (non-hydrogen) atoms. The van der Waals surface area contributed by atoms with Crippen LogP contribution in [0.3, 0.4) is 0 Å². The molecule has 5 heteroatoms. The second-order valence-corrected chi connectivity index (χ2v) is 5.06. The summed E-state index contributed by atoms with van der Waals surface area (Å²) in [6.07, 6.45) is 0. The van der Waals surface area contributed by atoms with E-state index in [4.69, 9.17) is 19.9 Å². The predicted molar refractivity (Wildman–Crippen MR) is 84.7 cm³/mol. The first-order valence-electron chi connectivity index (χ1n) is 7.25. The van der Waals surface area contributed by atoms with Crippen LogP contribution >= 0.6 is 0 Å². The van der Waals surface area contributed by atoms with Crippen molar-refractivity contribution in [3.63, 3.8) is 0 Å². The Labute approximate surface area is 128 Å². The summed E-state index contributed by atoms with van der Waals surface area (Å²) in [5.74, 6) is 0.850. The molecule has 0 saturated heterocycles. The second kappa shape index (κ2) is 9.73. The molecule has 0 fully saturated rings. The monoisotopic (exact) mass is 296 g/mol. The van der Waals surface area contributed by atoms with Crippen molar-refractivity contribution in [2.75, 3.05) is 47.6 Å². The normalized spacial score (nSPS) is 14.2. The predicted octanol–water partition coefficient (Wildman–Crippen LogP) is 1.68. The van der Waals surface area contributed by atoms with Crippen molar-refractivity contribution < 1.29 is 14.2 Å². The Balaban J connectivity index is 2.92. The minimum atomic E-state index is 0.135. The van der Waals surface area contributed by atoms with E-state index >= 15 is 0 Å². The fraction of sp³-hybridized carbons (Fsp3) is 0.625. The quantitative estimate of drug-likeness (QED) is 0.712. The van der Waals surface area contributed by atoms with Crippen molar-refractivity contribution in [3.8, 4) is 5.75 Å². The van der Waals surface area contributed by atoms with Crippen LogP contribution in [-0.2, 0) is 9.47 Å². The van der Waals surface area contributed by atoms with E-state index in [9.17, 15) is 0 Å². The van der Waals surface area contributed by atoms with Gasteiger partial charge in [-0.25, -0.2) is 0 Å². The van der Waals surface area contributed by atoms with Crippen molar-refractivity contribution >= 4 is 0 Å². The Bertz CT molecular complexity index is 384. The van der Waals surface area contributed by atoms with E-state index in [1.165, 1.54) is 5.56 Å². The van der Waals surface area contributed by atoms with Crippen LogP contribution in [0.1, 0.15) is 18.5 Å². The summed E-state index contributed by atoms with van der Waals surface area (Å²) in [6.45, 7) is 4.83. The average molecular weight is 296 g/mol. The number of benzene rings is 1. The summed E-state index contributed by atoms with van der Waals surface area (Å²) in [4.78, 5) is 2.33. The van der Waals surface area contributed by atoms with E-state index in [-0.39, 0.29) is 12.1 Å². The van der Waals surface area contributed by atoms with E-state index in [0.717, 1.165) is 12.3 Å². The number of ether oxygens (including phenoxy) is 3. The van der Waals surface area contributed by atoms with Gasteiger partial charge in [0, 0.05) is 39.4 Å². The van der Waals surface area contributed by atoms with E-state index in [1.807, 2.05) is 12.1 Å². The van der Waals surface area contributed by atoms with Gasteiger partial charge in [-0.05, 0) is 24.6 Å². The number of rotatable bonds is 10. The van der Waals surface area contributed by atoms with Crippen LogP contribution in [0.5, 0.6) is 5.75 Å². The van der Waals surface area contributed by atoms with E-state index in [0.29, 0.717) is 19.8 Å². The van der Waals surface area contributed by atoms with Crippen molar-refractivity contribution in [1.82, 2.24) is 4.90 Å². The lowest BCUT2D eigenvalue weighted by atomic mass is 10.0. The average Bonchev–Trinajstić information content (AvgIpc) is 2.52. The van der Waals surface area contributed by atoms with Gasteiger partial charge in [-0.2, -0.15) is 0 Å². The molecule has 1 rings (SSSR count).